The zero-order valence-electron chi connectivity index (χ0n) is 11.2. The van der Waals surface area contributed by atoms with Gasteiger partial charge in [-0.05, 0) is 53.4 Å². The maximum Gasteiger partial charge on any atom is 0.416 e. The van der Waals surface area contributed by atoms with Gasteiger partial charge in [-0.2, -0.15) is 13.2 Å². The Balaban J connectivity index is 2.25. The number of para-hydroxylation sites is 1. The van der Waals surface area contributed by atoms with Crippen LogP contribution in [0.1, 0.15) is 18.1 Å². The van der Waals surface area contributed by atoms with E-state index in [4.69, 9.17) is 0 Å². The Morgan fingerprint density at radius 1 is 1.05 bits per heavy atom. The van der Waals surface area contributed by atoms with Crippen molar-refractivity contribution in [2.75, 3.05) is 5.32 Å². The number of rotatable bonds is 3. The molecule has 1 nitrogen and oxygen atoms in total. The summed E-state index contributed by atoms with van der Waals surface area (Å²) in [5.74, 6) is 0. The van der Waals surface area contributed by atoms with E-state index in [0.717, 1.165) is 27.9 Å². The standard InChI is InChI=1S/C16H13BrF3N/c1-11(17)10-12-4-2-3-5-15(12)21-14-8-6-13(7-9-14)16(18,19)20/h2-10,21H,1H3/b11-10-. The van der Waals surface area contributed by atoms with Gasteiger partial charge in [0.05, 0.1) is 5.56 Å². The maximum atomic E-state index is 12.5. The molecule has 0 atom stereocenters. The minimum absolute atomic E-state index is 0.607. The monoisotopic (exact) mass is 355 g/mol. The van der Waals surface area contributed by atoms with Crippen LogP contribution in [0.3, 0.4) is 0 Å². The fourth-order valence-electron chi connectivity index (χ4n) is 1.85. The lowest BCUT2D eigenvalue weighted by Gasteiger charge is -2.11. The van der Waals surface area contributed by atoms with Gasteiger partial charge in [0.25, 0.3) is 0 Å². The summed E-state index contributed by atoms with van der Waals surface area (Å²) in [5.41, 5.74) is 1.73. The van der Waals surface area contributed by atoms with Gasteiger partial charge in [0.1, 0.15) is 0 Å². The van der Waals surface area contributed by atoms with Crippen molar-refractivity contribution in [1.29, 1.82) is 0 Å². The summed E-state index contributed by atoms with van der Waals surface area (Å²) in [6, 6.07) is 12.5. The molecule has 0 spiro atoms. The first kappa shape index (κ1) is 15.6. The Bertz CT molecular complexity index is 641. The van der Waals surface area contributed by atoms with E-state index in [1.54, 1.807) is 0 Å². The third-order valence-electron chi connectivity index (χ3n) is 2.81. The first-order valence-electron chi connectivity index (χ1n) is 6.23. The molecule has 0 bridgehead atoms. The predicted molar refractivity (Wildman–Crippen MR) is 83.7 cm³/mol. The average molecular weight is 356 g/mol. The second-order valence-corrected chi connectivity index (χ2v) is 5.77. The molecule has 2 aromatic rings. The first-order chi connectivity index (χ1) is 9.86. The quantitative estimate of drug-likeness (QED) is 0.690. The molecule has 21 heavy (non-hydrogen) atoms. The molecule has 0 aliphatic rings. The largest absolute Gasteiger partial charge is 0.416 e. The summed E-state index contributed by atoms with van der Waals surface area (Å²) in [7, 11) is 0. The van der Waals surface area contributed by atoms with Crippen LogP contribution >= 0.6 is 15.9 Å². The highest BCUT2D eigenvalue weighted by Crippen LogP contribution is 2.31. The molecule has 2 aromatic carbocycles. The predicted octanol–water partition coefficient (Wildman–Crippen LogP) is 6.20. The molecule has 0 heterocycles. The molecule has 5 heteroatoms. The molecule has 0 aliphatic heterocycles. The zero-order chi connectivity index (χ0) is 15.5. The van der Waals surface area contributed by atoms with Crippen molar-refractivity contribution < 1.29 is 13.2 Å². The van der Waals surface area contributed by atoms with Crippen LogP contribution in [-0.4, -0.2) is 0 Å². The Morgan fingerprint density at radius 3 is 2.24 bits per heavy atom. The van der Waals surface area contributed by atoms with Crippen LogP contribution in [0.25, 0.3) is 6.08 Å². The van der Waals surface area contributed by atoms with Crippen molar-refractivity contribution in [3.05, 3.63) is 64.1 Å². The average Bonchev–Trinajstić information content (AvgIpc) is 2.40. The van der Waals surface area contributed by atoms with Crippen LogP contribution in [0.15, 0.2) is 53.0 Å². The molecule has 110 valence electrons. The van der Waals surface area contributed by atoms with Gasteiger partial charge in [0.15, 0.2) is 0 Å². The number of benzene rings is 2. The number of alkyl halides is 3. The molecule has 0 saturated heterocycles. The third-order valence-corrected chi connectivity index (χ3v) is 3.04. The van der Waals surface area contributed by atoms with Crippen LogP contribution in [0.4, 0.5) is 24.5 Å². The van der Waals surface area contributed by atoms with Gasteiger partial charge in [-0.3, -0.25) is 0 Å². The summed E-state index contributed by atoms with van der Waals surface area (Å²) >= 11 is 3.37. The van der Waals surface area contributed by atoms with E-state index in [2.05, 4.69) is 21.2 Å². The normalized spacial score (nSPS) is 12.3. The van der Waals surface area contributed by atoms with E-state index in [9.17, 15) is 13.2 Å². The van der Waals surface area contributed by atoms with Gasteiger partial charge in [0, 0.05) is 11.4 Å². The Kier molecular flexibility index (Phi) is 4.73. The highest BCUT2D eigenvalue weighted by atomic mass is 79.9. The number of anilines is 2. The Morgan fingerprint density at radius 2 is 1.67 bits per heavy atom. The van der Waals surface area contributed by atoms with E-state index >= 15 is 0 Å². The summed E-state index contributed by atoms with van der Waals surface area (Å²) in [6.07, 6.45) is -2.38. The summed E-state index contributed by atoms with van der Waals surface area (Å²) in [5, 5.41) is 3.12. The Labute approximate surface area is 129 Å². The van der Waals surface area contributed by atoms with Crippen LogP contribution in [0, 0.1) is 0 Å². The fraction of sp³-hybridized carbons (Fsp3) is 0.125. The number of hydrogen-bond donors (Lipinski definition) is 1. The van der Waals surface area contributed by atoms with Gasteiger partial charge in [-0.25, -0.2) is 0 Å². The summed E-state index contributed by atoms with van der Waals surface area (Å²) in [6.45, 7) is 1.91. The van der Waals surface area contributed by atoms with Crippen molar-refractivity contribution in [1.82, 2.24) is 0 Å². The topological polar surface area (TPSA) is 12.0 Å². The second kappa shape index (κ2) is 6.35. The first-order valence-corrected chi connectivity index (χ1v) is 7.02. The molecule has 0 amide bonds. The molecule has 0 saturated carbocycles. The molecule has 0 aliphatic carbocycles. The van der Waals surface area contributed by atoms with Crippen molar-refractivity contribution >= 4 is 33.4 Å². The smallest absolute Gasteiger partial charge is 0.355 e. The van der Waals surface area contributed by atoms with Gasteiger partial charge in [-0.15, -0.1) is 0 Å². The zero-order valence-corrected chi connectivity index (χ0v) is 12.8. The van der Waals surface area contributed by atoms with Crippen molar-refractivity contribution in [3.8, 4) is 0 Å². The minimum Gasteiger partial charge on any atom is -0.355 e. The summed E-state index contributed by atoms with van der Waals surface area (Å²) < 4.78 is 38.5. The van der Waals surface area contributed by atoms with Crippen molar-refractivity contribution in [3.63, 3.8) is 0 Å². The molecule has 0 radical (unpaired) electrons. The SMILES string of the molecule is C/C(Br)=C/c1ccccc1Nc1ccc(C(F)(F)F)cc1. The number of hydrogen-bond acceptors (Lipinski definition) is 1. The van der Waals surface area contributed by atoms with Crippen LogP contribution in [0.2, 0.25) is 0 Å². The molecule has 0 unspecified atom stereocenters. The van der Waals surface area contributed by atoms with Crippen LogP contribution < -0.4 is 5.32 Å². The Hall–Kier alpha value is -1.75. The van der Waals surface area contributed by atoms with Crippen LogP contribution in [-0.2, 0) is 6.18 Å². The van der Waals surface area contributed by atoms with Crippen molar-refractivity contribution in [2.45, 2.75) is 13.1 Å². The maximum absolute atomic E-state index is 12.5. The minimum atomic E-state index is -4.31. The molecule has 0 fully saturated rings. The third kappa shape index (κ3) is 4.36. The lowest BCUT2D eigenvalue weighted by Crippen LogP contribution is -2.04. The molecule has 2 rings (SSSR count). The molecular formula is C16H13BrF3N. The lowest BCUT2D eigenvalue weighted by atomic mass is 10.1. The van der Waals surface area contributed by atoms with E-state index in [0.29, 0.717) is 5.69 Å². The van der Waals surface area contributed by atoms with E-state index in [-0.39, 0.29) is 0 Å². The van der Waals surface area contributed by atoms with Gasteiger partial charge < -0.3 is 5.32 Å². The van der Waals surface area contributed by atoms with Gasteiger partial charge in [0.2, 0.25) is 0 Å². The van der Waals surface area contributed by atoms with E-state index < -0.39 is 11.7 Å². The number of allylic oxidation sites excluding steroid dienone is 1. The lowest BCUT2D eigenvalue weighted by molar-refractivity contribution is -0.137. The fourth-order valence-corrected chi connectivity index (χ4v) is 2.10. The van der Waals surface area contributed by atoms with E-state index in [1.807, 2.05) is 37.3 Å². The number of nitrogens with one attached hydrogen (secondary N) is 1. The highest BCUT2D eigenvalue weighted by molar-refractivity contribution is 9.11. The van der Waals surface area contributed by atoms with E-state index in [1.165, 1.54) is 12.1 Å². The van der Waals surface area contributed by atoms with Crippen LogP contribution in [0.5, 0.6) is 0 Å². The molecule has 1 N–H and O–H groups in total. The summed E-state index contributed by atoms with van der Waals surface area (Å²) in [4.78, 5) is 0. The molecular weight excluding hydrogens is 343 g/mol. The second-order valence-electron chi connectivity index (χ2n) is 4.52. The highest BCUT2D eigenvalue weighted by Gasteiger charge is 2.29. The van der Waals surface area contributed by atoms with Crippen molar-refractivity contribution in [2.24, 2.45) is 0 Å². The van der Waals surface area contributed by atoms with Gasteiger partial charge >= 0.3 is 6.18 Å². The molecule has 0 aromatic heterocycles. The number of halogens is 4. The van der Waals surface area contributed by atoms with Gasteiger partial charge in [-0.1, -0.05) is 34.1 Å².